The number of piperidine rings is 1. The van der Waals surface area contributed by atoms with Crippen LogP contribution in [0.25, 0.3) is 11.1 Å². The number of halogens is 1. The summed E-state index contributed by atoms with van der Waals surface area (Å²) < 4.78 is 5.95. The van der Waals surface area contributed by atoms with Gasteiger partial charge in [0.2, 0.25) is 5.91 Å². The van der Waals surface area contributed by atoms with E-state index < -0.39 is 0 Å². The van der Waals surface area contributed by atoms with Gasteiger partial charge in [-0.3, -0.25) is 4.79 Å². The Balaban J connectivity index is 1.15. The fourth-order valence-electron chi connectivity index (χ4n) is 4.48. The Labute approximate surface area is 175 Å². The topological polar surface area (TPSA) is 49.6 Å². The summed E-state index contributed by atoms with van der Waals surface area (Å²) >= 11 is 6.05. The molecule has 0 unspecified atom stereocenters. The summed E-state index contributed by atoms with van der Waals surface area (Å²) in [7, 11) is 0. The molecule has 1 fully saturated rings. The van der Waals surface area contributed by atoms with Gasteiger partial charge in [-0.1, -0.05) is 29.8 Å². The van der Waals surface area contributed by atoms with E-state index in [9.17, 15) is 4.79 Å². The minimum absolute atomic E-state index is 0.230. The van der Waals surface area contributed by atoms with Crippen LogP contribution < -0.4 is 4.90 Å². The maximum Gasteiger partial charge on any atom is 0.228 e. The average molecular weight is 410 g/mol. The molecule has 3 heterocycles. The van der Waals surface area contributed by atoms with Gasteiger partial charge in [-0.25, -0.2) is 4.98 Å². The zero-order chi connectivity index (χ0) is 19.8. The normalized spacial score (nSPS) is 17.8. The minimum Gasteiger partial charge on any atom is -0.440 e. The van der Waals surface area contributed by atoms with Crippen LogP contribution in [0.4, 0.5) is 5.69 Å². The summed E-state index contributed by atoms with van der Waals surface area (Å²) in [6.07, 6.45) is 3.53. The first-order chi connectivity index (χ1) is 14.2. The van der Waals surface area contributed by atoms with E-state index in [1.54, 1.807) is 0 Å². The third-order valence-electron chi connectivity index (χ3n) is 6.13. The van der Waals surface area contributed by atoms with E-state index in [-0.39, 0.29) is 5.91 Å². The molecule has 0 spiro atoms. The van der Waals surface area contributed by atoms with Crippen LogP contribution >= 0.6 is 11.6 Å². The molecule has 0 N–H and O–H groups in total. The van der Waals surface area contributed by atoms with Gasteiger partial charge in [0.1, 0.15) is 5.52 Å². The van der Waals surface area contributed by atoms with Crippen molar-refractivity contribution in [2.75, 3.05) is 31.1 Å². The van der Waals surface area contributed by atoms with Gasteiger partial charge in [0.15, 0.2) is 11.5 Å². The van der Waals surface area contributed by atoms with Gasteiger partial charge in [0.05, 0.1) is 0 Å². The van der Waals surface area contributed by atoms with Crippen molar-refractivity contribution >= 4 is 34.3 Å². The van der Waals surface area contributed by atoms with Crippen molar-refractivity contribution in [3.8, 4) is 0 Å². The Bertz CT molecular complexity index is 1040. The number of fused-ring (bicyclic) bond motifs is 2. The number of carbonyl (C=O) groups is 1. The molecule has 6 heteroatoms. The maximum atomic E-state index is 12.7. The molecule has 2 aliphatic heterocycles. The number of oxazole rings is 1. The molecule has 5 nitrogen and oxygen atoms in total. The van der Waals surface area contributed by atoms with Crippen molar-refractivity contribution in [2.24, 2.45) is 0 Å². The molecule has 0 saturated carbocycles. The monoisotopic (exact) mass is 409 g/mol. The van der Waals surface area contributed by atoms with E-state index in [1.165, 1.54) is 5.56 Å². The van der Waals surface area contributed by atoms with E-state index in [0.29, 0.717) is 17.4 Å². The molecule has 0 atom stereocenters. The standard InChI is InChI=1S/C23H24ClN3O2/c24-18-5-6-21-19(15-18)25-23(29-21)17-7-11-26(12-8-17)13-10-22(28)27-14-9-16-3-1-2-4-20(16)27/h1-6,15,17H,7-14H2. The third kappa shape index (κ3) is 3.77. The molecule has 0 aliphatic carbocycles. The van der Waals surface area contributed by atoms with Crippen LogP contribution in [0, 0.1) is 0 Å². The molecule has 150 valence electrons. The van der Waals surface area contributed by atoms with E-state index in [2.05, 4.69) is 22.0 Å². The molecule has 2 aromatic carbocycles. The van der Waals surface area contributed by atoms with Gasteiger partial charge >= 0.3 is 0 Å². The van der Waals surface area contributed by atoms with Crippen molar-refractivity contribution in [1.29, 1.82) is 0 Å². The second-order valence-corrected chi connectivity index (χ2v) is 8.39. The van der Waals surface area contributed by atoms with Crippen LogP contribution in [0.5, 0.6) is 0 Å². The molecule has 29 heavy (non-hydrogen) atoms. The smallest absolute Gasteiger partial charge is 0.228 e. The largest absolute Gasteiger partial charge is 0.440 e. The van der Waals surface area contributed by atoms with Gasteiger partial charge in [-0.15, -0.1) is 0 Å². The first-order valence-corrected chi connectivity index (χ1v) is 10.7. The SMILES string of the molecule is O=C(CCN1CCC(c2nc3cc(Cl)ccc3o2)CC1)N1CCc2ccccc21. The number of carbonyl (C=O) groups excluding carboxylic acids is 1. The zero-order valence-corrected chi connectivity index (χ0v) is 17.1. The number of aromatic nitrogens is 1. The molecule has 0 radical (unpaired) electrons. The molecule has 1 aromatic heterocycles. The first kappa shape index (κ1) is 18.6. The lowest BCUT2D eigenvalue weighted by Gasteiger charge is -2.30. The molecule has 1 saturated heterocycles. The average Bonchev–Trinajstić information content (AvgIpc) is 3.36. The van der Waals surface area contributed by atoms with Gasteiger partial charge < -0.3 is 14.2 Å². The van der Waals surface area contributed by atoms with E-state index >= 15 is 0 Å². The van der Waals surface area contributed by atoms with Crippen molar-refractivity contribution in [3.63, 3.8) is 0 Å². The number of likely N-dealkylation sites (tertiary alicyclic amines) is 1. The number of amides is 1. The zero-order valence-electron chi connectivity index (χ0n) is 16.3. The van der Waals surface area contributed by atoms with E-state index in [1.807, 2.05) is 35.2 Å². The molecule has 3 aromatic rings. The number of hydrogen-bond donors (Lipinski definition) is 0. The van der Waals surface area contributed by atoms with Crippen molar-refractivity contribution in [2.45, 2.75) is 31.6 Å². The molecule has 5 rings (SSSR count). The number of para-hydroxylation sites is 1. The van der Waals surface area contributed by atoms with Crippen LogP contribution in [0.1, 0.15) is 36.6 Å². The van der Waals surface area contributed by atoms with Crippen molar-refractivity contribution in [3.05, 3.63) is 58.9 Å². The number of rotatable bonds is 4. The highest BCUT2D eigenvalue weighted by molar-refractivity contribution is 6.31. The highest BCUT2D eigenvalue weighted by atomic mass is 35.5. The molecular formula is C23H24ClN3O2. The van der Waals surface area contributed by atoms with E-state index in [4.69, 9.17) is 16.0 Å². The third-order valence-corrected chi connectivity index (χ3v) is 6.37. The molecular weight excluding hydrogens is 386 g/mol. The fourth-order valence-corrected chi connectivity index (χ4v) is 4.65. The number of hydrogen-bond acceptors (Lipinski definition) is 4. The lowest BCUT2D eigenvalue weighted by molar-refractivity contribution is -0.118. The highest BCUT2D eigenvalue weighted by Gasteiger charge is 2.27. The summed E-state index contributed by atoms with van der Waals surface area (Å²) in [4.78, 5) is 21.7. The second kappa shape index (κ2) is 7.81. The summed E-state index contributed by atoms with van der Waals surface area (Å²) in [6, 6.07) is 13.8. The second-order valence-electron chi connectivity index (χ2n) is 7.95. The summed E-state index contributed by atoms with van der Waals surface area (Å²) in [6.45, 7) is 3.55. The predicted octanol–water partition coefficient (Wildman–Crippen LogP) is 4.64. The Morgan fingerprint density at radius 1 is 1.14 bits per heavy atom. The Kier molecular flexibility index (Phi) is 5.02. The molecule has 1 amide bonds. The van der Waals surface area contributed by atoms with Gasteiger partial charge in [-0.2, -0.15) is 0 Å². The molecule has 2 aliphatic rings. The minimum atomic E-state index is 0.230. The quantitative estimate of drug-likeness (QED) is 0.629. The van der Waals surface area contributed by atoms with Crippen LogP contribution in [0.2, 0.25) is 5.02 Å². The van der Waals surface area contributed by atoms with Crippen molar-refractivity contribution in [1.82, 2.24) is 9.88 Å². The molecule has 0 bridgehead atoms. The Hall–Kier alpha value is -2.37. The number of benzene rings is 2. The highest BCUT2D eigenvalue weighted by Crippen LogP contribution is 2.31. The van der Waals surface area contributed by atoms with Crippen LogP contribution in [-0.2, 0) is 11.2 Å². The van der Waals surface area contributed by atoms with Crippen LogP contribution in [-0.4, -0.2) is 42.0 Å². The van der Waals surface area contributed by atoms with E-state index in [0.717, 1.165) is 68.1 Å². The summed E-state index contributed by atoms with van der Waals surface area (Å²) in [5, 5.41) is 0.678. The summed E-state index contributed by atoms with van der Waals surface area (Å²) in [5.74, 6) is 1.37. The van der Waals surface area contributed by atoms with Gasteiger partial charge in [-0.05, 0) is 62.2 Å². The Morgan fingerprint density at radius 3 is 2.83 bits per heavy atom. The first-order valence-electron chi connectivity index (χ1n) is 10.3. The van der Waals surface area contributed by atoms with Crippen LogP contribution in [0.3, 0.4) is 0 Å². The van der Waals surface area contributed by atoms with Gasteiger partial charge in [0.25, 0.3) is 0 Å². The maximum absolute atomic E-state index is 12.7. The van der Waals surface area contributed by atoms with Crippen LogP contribution in [0.15, 0.2) is 46.9 Å². The Morgan fingerprint density at radius 2 is 1.97 bits per heavy atom. The lowest BCUT2D eigenvalue weighted by atomic mass is 9.96. The van der Waals surface area contributed by atoms with Crippen molar-refractivity contribution < 1.29 is 9.21 Å². The fraction of sp³-hybridized carbons (Fsp3) is 0.391. The predicted molar refractivity (Wildman–Crippen MR) is 115 cm³/mol. The summed E-state index contributed by atoms with van der Waals surface area (Å²) in [5.41, 5.74) is 3.99. The number of nitrogens with zero attached hydrogens (tertiary/aromatic N) is 3. The van der Waals surface area contributed by atoms with Gasteiger partial charge in [0, 0.05) is 36.1 Å². The lowest BCUT2D eigenvalue weighted by Crippen LogP contribution is -2.37. The number of anilines is 1.